The van der Waals surface area contributed by atoms with Gasteiger partial charge in [-0.15, -0.1) is 11.3 Å². The summed E-state index contributed by atoms with van der Waals surface area (Å²) in [6.45, 7) is 4.37. The molecule has 0 unspecified atom stereocenters. The van der Waals surface area contributed by atoms with Crippen LogP contribution in [0.1, 0.15) is 52.7 Å². The number of thiophene rings is 1. The van der Waals surface area contributed by atoms with Gasteiger partial charge in [-0.05, 0) is 72.7 Å². The first kappa shape index (κ1) is 24.7. The molecule has 3 aromatic rings. The molecule has 2 heterocycles. The van der Waals surface area contributed by atoms with Crippen LogP contribution in [0.25, 0.3) is 0 Å². The third-order valence-electron chi connectivity index (χ3n) is 6.33. The maximum Gasteiger partial charge on any atom is 0.254 e. The van der Waals surface area contributed by atoms with E-state index in [1.54, 1.807) is 45.4 Å². The zero-order valence-electron chi connectivity index (χ0n) is 18.9. The van der Waals surface area contributed by atoms with Gasteiger partial charge in [-0.3, -0.25) is 9.59 Å². The Balaban J connectivity index is 1.64. The molecule has 0 bridgehead atoms. The van der Waals surface area contributed by atoms with Crippen molar-refractivity contribution >= 4 is 46.4 Å². The highest BCUT2D eigenvalue weighted by molar-refractivity contribution is 7.10. The minimum Gasteiger partial charge on any atom is -0.330 e. The molecule has 178 valence electrons. The molecule has 2 aromatic carbocycles. The number of hydrogen-bond acceptors (Lipinski definition) is 3. The van der Waals surface area contributed by atoms with E-state index in [-0.39, 0.29) is 36.3 Å². The summed E-state index contributed by atoms with van der Waals surface area (Å²) in [7, 11) is 0. The van der Waals surface area contributed by atoms with Gasteiger partial charge < -0.3 is 9.80 Å². The lowest BCUT2D eigenvalue weighted by Gasteiger charge is -2.38. The SMILES string of the molecule is CC[C@H](C)N(CC(=O)N1CCc2sccc2[C@@H]1c1ccc(F)cc1)C(=O)c1ccc(Cl)c(Cl)c1. The van der Waals surface area contributed by atoms with E-state index in [0.717, 1.165) is 17.5 Å². The molecule has 0 fully saturated rings. The summed E-state index contributed by atoms with van der Waals surface area (Å²) in [4.78, 5) is 31.7. The summed E-state index contributed by atoms with van der Waals surface area (Å²) >= 11 is 13.8. The van der Waals surface area contributed by atoms with Crippen molar-refractivity contribution in [3.05, 3.63) is 91.3 Å². The van der Waals surface area contributed by atoms with Crippen LogP contribution in [0.2, 0.25) is 10.0 Å². The third-order valence-corrected chi connectivity index (χ3v) is 8.06. The lowest BCUT2D eigenvalue weighted by atomic mass is 9.93. The Bertz CT molecular complexity index is 1200. The quantitative estimate of drug-likeness (QED) is 0.368. The van der Waals surface area contributed by atoms with Gasteiger partial charge in [0.25, 0.3) is 5.91 Å². The number of benzene rings is 2. The molecule has 0 aliphatic carbocycles. The van der Waals surface area contributed by atoms with Crippen molar-refractivity contribution in [1.29, 1.82) is 0 Å². The Labute approximate surface area is 212 Å². The van der Waals surface area contributed by atoms with Crippen LogP contribution >= 0.6 is 34.5 Å². The first-order chi connectivity index (χ1) is 16.3. The van der Waals surface area contributed by atoms with Gasteiger partial charge >= 0.3 is 0 Å². The van der Waals surface area contributed by atoms with Crippen LogP contribution in [0.5, 0.6) is 0 Å². The fourth-order valence-electron chi connectivity index (χ4n) is 4.27. The standard InChI is InChI=1S/C26H25Cl2FN2O2S/c1-3-16(2)31(26(33)18-6-9-21(27)22(28)14-18)15-24(32)30-12-10-23-20(11-13-34-23)25(30)17-4-7-19(29)8-5-17/h4-9,11,13-14,16,25H,3,10,12,15H2,1-2H3/t16-,25-/m0/s1. The van der Waals surface area contributed by atoms with Crippen molar-refractivity contribution in [3.8, 4) is 0 Å². The monoisotopic (exact) mass is 518 g/mol. The summed E-state index contributed by atoms with van der Waals surface area (Å²) < 4.78 is 13.6. The third kappa shape index (κ3) is 4.99. The van der Waals surface area contributed by atoms with Crippen LogP contribution in [0.3, 0.4) is 0 Å². The Hall–Kier alpha value is -2.41. The van der Waals surface area contributed by atoms with Crippen molar-refractivity contribution < 1.29 is 14.0 Å². The van der Waals surface area contributed by atoms with Gasteiger partial charge in [0.15, 0.2) is 0 Å². The molecule has 4 rings (SSSR count). The summed E-state index contributed by atoms with van der Waals surface area (Å²) in [5.74, 6) is -0.745. The number of hydrogen-bond donors (Lipinski definition) is 0. The maximum absolute atomic E-state index is 13.7. The molecule has 8 heteroatoms. The molecule has 1 aliphatic heterocycles. The van der Waals surface area contributed by atoms with E-state index in [0.29, 0.717) is 28.6 Å². The molecular weight excluding hydrogens is 494 g/mol. The van der Waals surface area contributed by atoms with E-state index in [9.17, 15) is 14.0 Å². The Morgan fingerprint density at radius 2 is 1.88 bits per heavy atom. The number of carbonyl (C=O) groups is 2. The highest BCUT2D eigenvalue weighted by Gasteiger charge is 2.35. The van der Waals surface area contributed by atoms with Gasteiger partial charge in [0.2, 0.25) is 5.91 Å². The number of rotatable bonds is 6. The van der Waals surface area contributed by atoms with E-state index in [1.165, 1.54) is 23.1 Å². The normalized spacial score (nSPS) is 16.1. The highest BCUT2D eigenvalue weighted by Crippen LogP contribution is 2.38. The van der Waals surface area contributed by atoms with Crippen molar-refractivity contribution in [2.45, 2.75) is 38.8 Å². The van der Waals surface area contributed by atoms with Gasteiger partial charge in [-0.1, -0.05) is 42.3 Å². The van der Waals surface area contributed by atoms with Crippen LogP contribution in [-0.2, 0) is 11.2 Å². The molecule has 0 N–H and O–H groups in total. The predicted molar refractivity (Wildman–Crippen MR) is 135 cm³/mol. The molecule has 0 saturated carbocycles. The van der Waals surface area contributed by atoms with E-state index in [1.807, 2.05) is 25.3 Å². The van der Waals surface area contributed by atoms with Gasteiger partial charge in [0.1, 0.15) is 12.4 Å². The molecule has 0 radical (unpaired) electrons. The number of fused-ring (bicyclic) bond motifs is 1. The molecule has 2 atom stereocenters. The topological polar surface area (TPSA) is 40.6 Å². The van der Waals surface area contributed by atoms with E-state index < -0.39 is 0 Å². The zero-order chi connectivity index (χ0) is 24.4. The first-order valence-corrected chi connectivity index (χ1v) is 12.8. The van der Waals surface area contributed by atoms with Crippen LogP contribution < -0.4 is 0 Å². The second-order valence-corrected chi connectivity index (χ2v) is 10.2. The summed E-state index contributed by atoms with van der Waals surface area (Å²) in [5.41, 5.74) is 2.29. The average Bonchev–Trinajstić information content (AvgIpc) is 3.32. The van der Waals surface area contributed by atoms with E-state index >= 15 is 0 Å². The van der Waals surface area contributed by atoms with Gasteiger partial charge in [-0.25, -0.2) is 4.39 Å². The maximum atomic E-state index is 13.7. The van der Waals surface area contributed by atoms with Crippen LogP contribution in [0, 0.1) is 5.82 Å². The molecule has 1 aromatic heterocycles. The molecule has 2 amide bonds. The zero-order valence-corrected chi connectivity index (χ0v) is 21.3. The van der Waals surface area contributed by atoms with Crippen LogP contribution in [0.4, 0.5) is 4.39 Å². The van der Waals surface area contributed by atoms with Gasteiger partial charge in [0.05, 0.1) is 16.1 Å². The summed E-state index contributed by atoms with van der Waals surface area (Å²) in [6, 6.07) is 12.6. The van der Waals surface area contributed by atoms with Crippen LogP contribution in [0.15, 0.2) is 53.9 Å². The van der Waals surface area contributed by atoms with Crippen molar-refractivity contribution in [2.24, 2.45) is 0 Å². The average molecular weight is 519 g/mol. The van der Waals surface area contributed by atoms with E-state index in [4.69, 9.17) is 23.2 Å². The van der Waals surface area contributed by atoms with Crippen LogP contribution in [-0.4, -0.2) is 40.7 Å². The fraction of sp³-hybridized carbons (Fsp3) is 0.308. The van der Waals surface area contributed by atoms with Crippen molar-refractivity contribution in [1.82, 2.24) is 9.80 Å². The number of halogens is 3. The number of nitrogens with zero attached hydrogens (tertiary/aromatic N) is 2. The summed E-state index contributed by atoms with van der Waals surface area (Å²) in [6.07, 6.45) is 1.44. The largest absolute Gasteiger partial charge is 0.330 e. The molecule has 0 spiro atoms. The second kappa shape index (κ2) is 10.5. The fourth-order valence-corrected chi connectivity index (χ4v) is 5.47. The molecular formula is C26H25Cl2FN2O2S. The molecule has 0 saturated heterocycles. The highest BCUT2D eigenvalue weighted by atomic mass is 35.5. The molecule has 34 heavy (non-hydrogen) atoms. The lowest BCUT2D eigenvalue weighted by Crippen LogP contribution is -2.49. The Morgan fingerprint density at radius 1 is 1.15 bits per heavy atom. The number of amides is 2. The second-order valence-electron chi connectivity index (χ2n) is 8.41. The van der Waals surface area contributed by atoms with E-state index in [2.05, 4.69) is 0 Å². The minimum atomic E-state index is -0.321. The Kier molecular flexibility index (Phi) is 7.60. The smallest absolute Gasteiger partial charge is 0.254 e. The predicted octanol–water partition coefficient (Wildman–Crippen LogP) is 6.61. The lowest BCUT2D eigenvalue weighted by molar-refractivity contribution is -0.134. The van der Waals surface area contributed by atoms with Crippen molar-refractivity contribution in [3.63, 3.8) is 0 Å². The molecule has 4 nitrogen and oxygen atoms in total. The van der Waals surface area contributed by atoms with Gasteiger partial charge in [-0.2, -0.15) is 0 Å². The first-order valence-electron chi connectivity index (χ1n) is 11.2. The minimum absolute atomic E-state index is 0.0642. The Morgan fingerprint density at radius 3 is 2.56 bits per heavy atom. The molecule has 1 aliphatic rings. The number of carbonyl (C=O) groups excluding carboxylic acids is 2. The summed E-state index contributed by atoms with van der Waals surface area (Å²) in [5, 5.41) is 2.68. The van der Waals surface area contributed by atoms with Gasteiger partial charge in [0, 0.05) is 23.0 Å². The van der Waals surface area contributed by atoms with Crippen molar-refractivity contribution in [2.75, 3.05) is 13.1 Å².